The molecule has 6 nitrogen and oxygen atoms in total. The number of halogens is 2. The van der Waals surface area contributed by atoms with Crippen LogP contribution in [-0.4, -0.2) is 53.5 Å². The van der Waals surface area contributed by atoms with Crippen LogP contribution in [0.2, 0.25) is 0 Å². The lowest BCUT2D eigenvalue weighted by Gasteiger charge is -2.37. The van der Waals surface area contributed by atoms with E-state index in [0.29, 0.717) is 0 Å². The summed E-state index contributed by atoms with van der Waals surface area (Å²) in [5, 5.41) is 17.3. The number of fused-ring (bicyclic) bond motifs is 1. The molecule has 3 heterocycles. The van der Waals surface area contributed by atoms with Gasteiger partial charge in [0.2, 0.25) is 0 Å². The minimum Gasteiger partial charge on any atom is -0.488 e. The number of aromatic nitrogens is 2. The normalized spacial score (nSPS) is 15.3. The van der Waals surface area contributed by atoms with Gasteiger partial charge in [0.25, 0.3) is 0 Å². The lowest BCUT2D eigenvalue weighted by molar-refractivity contribution is 0.107. The number of aliphatic hydroxyl groups excluding tert-OH is 1. The topological polar surface area (TPSA) is 70.5 Å². The molecule has 2 aromatic carbocycles. The first kappa shape index (κ1) is 23.6. The predicted octanol–water partition coefficient (Wildman–Crippen LogP) is 4.63. The molecule has 1 saturated heterocycles. The van der Waals surface area contributed by atoms with Crippen molar-refractivity contribution in [2.24, 2.45) is 0 Å². The molecule has 0 aliphatic carbocycles. The zero-order valence-corrected chi connectivity index (χ0v) is 19.8. The molecule has 2 aromatic heterocycles. The summed E-state index contributed by atoms with van der Waals surface area (Å²) >= 11 is 1.57. The van der Waals surface area contributed by atoms with Crippen molar-refractivity contribution in [3.05, 3.63) is 71.9 Å². The molecule has 5 rings (SSSR count). The van der Waals surface area contributed by atoms with Crippen molar-refractivity contribution in [3.8, 4) is 16.9 Å². The smallest absolute Gasteiger partial charge is 0.167 e. The first-order valence-electron chi connectivity index (χ1n) is 11.6. The number of hydrogen-bond donors (Lipinski definition) is 2. The van der Waals surface area contributed by atoms with Gasteiger partial charge >= 0.3 is 0 Å². The first-order chi connectivity index (χ1) is 17.1. The molecule has 35 heavy (non-hydrogen) atoms. The van der Waals surface area contributed by atoms with Crippen LogP contribution in [0.3, 0.4) is 0 Å². The summed E-state index contributed by atoms with van der Waals surface area (Å²) in [7, 11) is 0. The van der Waals surface area contributed by atoms with Gasteiger partial charge in [0, 0.05) is 29.6 Å². The van der Waals surface area contributed by atoms with Crippen molar-refractivity contribution in [1.82, 2.24) is 15.3 Å². The Morgan fingerprint density at radius 1 is 1.11 bits per heavy atom. The van der Waals surface area contributed by atoms with Gasteiger partial charge in [-0.3, -0.25) is 0 Å². The van der Waals surface area contributed by atoms with Crippen molar-refractivity contribution in [1.29, 1.82) is 0 Å². The monoisotopic (exact) mass is 496 g/mol. The maximum atomic E-state index is 14.0. The molecule has 0 radical (unpaired) electrons. The second-order valence-electron chi connectivity index (χ2n) is 8.57. The fourth-order valence-electron chi connectivity index (χ4n) is 4.49. The average molecular weight is 497 g/mol. The number of anilines is 1. The lowest BCUT2D eigenvalue weighted by Crippen LogP contribution is -2.47. The highest BCUT2D eigenvalue weighted by Crippen LogP contribution is 2.39. The molecule has 1 aliphatic heterocycles. The molecular formula is C26H26F2N4O2S. The second-order valence-corrected chi connectivity index (χ2v) is 9.42. The molecule has 182 valence electrons. The zero-order chi connectivity index (χ0) is 24.2. The van der Waals surface area contributed by atoms with Crippen LogP contribution in [0.25, 0.3) is 21.3 Å². The van der Waals surface area contributed by atoms with E-state index >= 15 is 0 Å². The van der Waals surface area contributed by atoms with E-state index in [0.717, 1.165) is 65.2 Å². The SMILES string of the molecule is OC(COc1ccc(F)cc1F)CN(c1ncnc2scc(-c3ccccc3)c12)C1CCNCC1. The van der Waals surface area contributed by atoms with E-state index < -0.39 is 17.7 Å². The van der Waals surface area contributed by atoms with Gasteiger partial charge in [-0.2, -0.15) is 0 Å². The minimum absolute atomic E-state index is 0.0903. The Morgan fingerprint density at radius 2 is 1.91 bits per heavy atom. The molecule has 1 fully saturated rings. The molecule has 0 amide bonds. The number of benzene rings is 2. The maximum absolute atomic E-state index is 14.0. The second kappa shape index (κ2) is 10.6. The Morgan fingerprint density at radius 3 is 2.69 bits per heavy atom. The van der Waals surface area contributed by atoms with E-state index in [-0.39, 0.29) is 24.9 Å². The Hall–Kier alpha value is -3.14. The Kier molecular flexibility index (Phi) is 7.17. The van der Waals surface area contributed by atoms with E-state index in [1.165, 1.54) is 6.07 Å². The molecule has 1 unspecified atom stereocenters. The van der Waals surface area contributed by atoms with Crippen molar-refractivity contribution >= 4 is 27.4 Å². The number of rotatable bonds is 8. The van der Waals surface area contributed by atoms with E-state index in [4.69, 9.17) is 4.74 Å². The van der Waals surface area contributed by atoms with Crippen LogP contribution in [0, 0.1) is 11.6 Å². The third-order valence-corrected chi connectivity index (χ3v) is 7.08. The minimum atomic E-state index is -0.918. The van der Waals surface area contributed by atoms with Crippen molar-refractivity contribution < 1.29 is 18.6 Å². The van der Waals surface area contributed by atoms with E-state index in [1.54, 1.807) is 17.7 Å². The van der Waals surface area contributed by atoms with Gasteiger partial charge in [-0.05, 0) is 43.6 Å². The van der Waals surface area contributed by atoms with Crippen LogP contribution in [0.5, 0.6) is 5.75 Å². The van der Waals surface area contributed by atoms with E-state index in [9.17, 15) is 13.9 Å². The van der Waals surface area contributed by atoms with Gasteiger partial charge in [0.1, 0.15) is 35.5 Å². The molecule has 1 atom stereocenters. The summed E-state index contributed by atoms with van der Waals surface area (Å²) in [4.78, 5) is 12.2. The number of thiophene rings is 1. The fraction of sp³-hybridized carbons (Fsp3) is 0.308. The van der Waals surface area contributed by atoms with Gasteiger partial charge in [-0.15, -0.1) is 11.3 Å². The van der Waals surface area contributed by atoms with Gasteiger partial charge in [-0.1, -0.05) is 30.3 Å². The van der Waals surface area contributed by atoms with Crippen LogP contribution < -0.4 is 15.0 Å². The number of aliphatic hydroxyl groups is 1. The number of hydrogen-bond acceptors (Lipinski definition) is 7. The van der Waals surface area contributed by atoms with Gasteiger partial charge in [-0.25, -0.2) is 18.7 Å². The summed E-state index contributed by atoms with van der Waals surface area (Å²) in [6.45, 7) is 1.87. The van der Waals surface area contributed by atoms with Gasteiger partial charge < -0.3 is 20.1 Å². The largest absolute Gasteiger partial charge is 0.488 e. The standard InChI is InChI=1S/C26H26F2N4O2S/c27-18-6-7-23(22(28)12-18)34-14-20(33)13-32(19-8-10-29-11-9-19)25-24-21(17-4-2-1-3-5-17)15-35-26(24)31-16-30-25/h1-7,12,15-16,19-20,29,33H,8-11,13-14H2. The molecule has 1 aliphatic rings. The molecule has 9 heteroatoms. The lowest BCUT2D eigenvalue weighted by atomic mass is 10.0. The maximum Gasteiger partial charge on any atom is 0.167 e. The Labute approximate surface area is 206 Å². The Balaban J connectivity index is 1.45. The number of nitrogens with one attached hydrogen (secondary N) is 1. The van der Waals surface area contributed by atoms with E-state index in [1.807, 2.05) is 18.2 Å². The van der Waals surface area contributed by atoms with Gasteiger partial charge in [0.15, 0.2) is 11.6 Å². The van der Waals surface area contributed by atoms with Crippen LogP contribution in [0.1, 0.15) is 12.8 Å². The number of ether oxygens (including phenoxy) is 1. The molecule has 0 saturated carbocycles. The third kappa shape index (κ3) is 5.27. The van der Waals surface area contributed by atoms with Crippen molar-refractivity contribution in [2.75, 3.05) is 31.1 Å². The molecule has 0 bridgehead atoms. The summed E-state index contributed by atoms with van der Waals surface area (Å²) < 4.78 is 32.7. The third-order valence-electron chi connectivity index (χ3n) is 6.19. The molecule has 4 aromatic rings. The quantitative estimate of drug-likeness (QED) is 0.371. The molecular weight excluding hydrogens is 470 g/mol. The Bertz CT molecular complexity index is 1280. The van der Waals surface area contributed by atoms with Gasteiger partial charge in [0.05, 0.1) is 5.39 Å². The van der Waals surface area contributed by atoms with Crippen LogP contribution in [-0.2, 0) is 0 Å². The highest BCUT2D eigenvalue weighted by Gasteiger charge is 2.28. The first-order valence-corrected chi connectivity index (χ1v) is 12.5. The number of nitrogens with zero attached hydrogens (tertiary/aromatic N) is 3. The molecule has 2 N–H and O–H groups in total. The summed E-state index contributed by atoms with van der Waals surface area (Å²) in [6.07, 6.45) is 2.44. The van der Waals surface area contributed by atoms with Crippen LogP contribution in [0.15, 0.2) is 60.2 Å². The zero-order valence-electron chi connectivity index (χ0n) is 19.0. The summed E-state index contributed by atoms with van der Waals surface area (Å²) in [5.74, 6) is -0.789. The summed E-state index contributed by atoms with van der Waals surface area (Å²) in [5.41, 5.74) is 2.13. The van der Waals surface area contributed by atoms with Crippen LogP contribution in [0.4, 0.5) is 14.6 Å². The average Bonchev–Trinajstić information content (AvgIpc) is 3.32. The number of piperidine rings is 1. The highest BCUT2D eigenvalue weighted by molar-refractivity contribution is 7.17. The van der Waals surface area contributed by atoms with Crippen molar-refractivity contribution in [2.45, 2.75) is 25.0 Å². The van der Waals surface area contributed by atoms with Crippen LogP contribution >= 0.6 is 11.3 Å². The summed E-state index contributed by atoms with van der Waals surface area (Å²) in [6, 6.07) is 13.4. The fourth-order valence-corrected chi connectivity index (χ4v) is 5.40. The van der Waals surface area contributed by atoms with E-state index in [2.05, 4.69) is 37.7 Å². The molecule has 0 spiro atoms. The predicted molar refractivity (Wildman–Crippen MR) is 134 cm³/mol. The highest BCUT2D eigenvalue weighted by atomic mass is 32.1. The van der Waals surface area contributed by atoms with Crippen molar-refractivity contribution in [3.63, 3.8) is 0 Å².